The van der Waals surface area contributed by atoms with Crippen LogP contribution in [0.3, 0.4) is 0 Å². The molecule has 1 aromatic heterocycles. The second-order valence-corrected chi connectivity index (χ2v) is 8.69. The van der Waals surface area contributed by atoms with Crippen LogP contribution in [0.25, 0.3) is 11.3 Å². The van der Waals surface area contributed by atoms with Crippen LogP contribution in [0.2, 0.25) is 0 Å². The minimum absolute atomic E-state index is 0.182. The Kier molecular flexibility index (Phi) is 5.87. The highest BCUT2D eigenvalue weighted by atomic mass is 79.9. The Morgan fingerprint density at radius 3 is 2.76 bits per heavy atom. The number of methoxy groups -OCH3 is 1. The number of benzene rings is 2. The summed E-state index contributed by atoms with van der Waals surface area (Å²) in [6.07, 6.45) is 2.88. The van der Waals surface area contributed by atoms with Crippen LogP contribution in [0.15, 0.2) is 40.9 Å². The van der Waals surface area contributed by atoms with Crippen molar-refractivity contribution in [1.29, 1.82) is 0 Å². The molecule has 5 nitrogen and oxygen atoms in total. The van der Waals surface area contributed by atoms with Crippen LogP contribution >= 0.6 is 27.3 Å². The lowest BCUT2D eigenvalue weighted by atomic mass is 10.1. The lowest BCUT2D eigenvalue weighted by Gasteiger charge is -2.09. The van der Waals surface area contributed by atoms with Gasteiger partial charge in [0.25, 0.3) is 5.91 Å². The molecule has 0 unspecified atom stereocenters. The van der Waals surface area contributed by atoms with Crippen molar-refractivity contribution in [2.24, 2.45) is 0 Å². The van der Waals surface area contributed by atoms with E-state index in [2.05, 4.69) is 33.2 Å². The summed E-state index contributed by atoms with van der Waals surface area (Å²) in [5.41, 5.74) is 3.64. The zero-order chi connectivity index (χ0) is 20.4. The molecule has 0 atom stereocenters. The van der Waals surface area contributed by atoms with Crippen LogP contribution in [-0.4, -0.2) is 24.6 Å². The van der Waals surface area contributed by atoms with Crippen LogP contribution in [0.5, 0.6) is 11.5 Å². The van der Waals surface area contributed by atoms with E-state index >= 15 is 0 Å². The number of aromatic nitrogens is 1. The summed E-state index contributed by atoms with van der Waals surface area (Å²) in [6.45, 7) is 2.81. The maximum atomic E-state index is 12.6. The number of thiazole rings is 1. The summed E-state index contributed by atoms with van der Waals surface area (Å²) in [4.78, 5) is 18.4. The zero-order valence-corrected chi connectivity index (χ0v) is 18.7. The molecule has 1 amide bonds. The Hall–Kier alpha value is -2.38. The van der Waals surface area contributed by atoms with Gasteiger partial charge in [0, 0.05) is 26.9 Å². The Labute approximate surface area is 182 Å². The second kappa shape index (κ2) is 8.55. The third-order valence-electron chi connectivity index (χ3n) is 4.81. The lowest BCUT2D eigenvalue weighted by molar-refractivity contribution is 0.102. The molecule has 0 saturated carbocycles. The Morgan fingerprint density at radius 1 is 1.24 bits per heavy atom. The number of carbonyl (C=O) groups is 1. The van der Waals surface area contributed by atoms with Crippen LogP contribution in [0, 0.1) is 0 Å². The fraction of sp³-hybridized carbons (Fsp3) is 0.273. The van der Waals surface area contributed by atoms with Gasteiger partial charge in [-0.15, -0.1) is 11.3 Å². The van der Waals surface area contributed by atoms with Gasteiger partial charge in [-0.05, 0) is 48.4 Å². The smallest absolute Gasteiger partial charge is 0.257 e. The fourth-order valence-corrected chi connectivity index (χ4v) is 4.74. The Morgan fingerprint density at radius 2 is 2.03 bits per heavy atom. The van der Waals surface area contributed by atoms with Gasteiger partial charge in [-0.25, -0.2) is 4.98 Å². The third-order valence-corrected chi connectivity index (χ3v) is 6.53. The molecule has 1 aliphatic rings. The van der Waals surface area contributed by atoms with Gasteiger partial charge in [0.2, 0.25) is 0 Å². The first-order chi connectivity index (χ1) is 14.1. The number of hydrogen-bond donors (Lipinski definition) is 1. The van der Waals surface area contributed by atoms with E-state index in [1.165, 1.54) is 16.9 Å². The number of anilines is 1. The number of unbranched alkanes of at least 4 members (excludes halogenated alkanes) is 1. The predicted molar refractivity (Wildman–Crippen MR) is 119 cm³/mol. The average Bonchev–Trinajstić information content (AvgIpc) is 3.27. The van der Waals surface area contributed by atoms with Crippen molar-refractivity contribution in [3.8, 4) is 22.8 Å². The van der Waals surface area contributed by atoms with Crippen LogP contribution < -0.4 is 14.8 Å². The summed E-state index contributed by atoms with van der Waals surface area (Å²) in [7, 11) is 1.66. The van der Waals surface area contributed by atoms with Crippen molar-refractivity contribution in [1.82, 2.24) is 4.98 Å². The van der Waals surface area contributed by atoms with E-state index in [4.69, 9.17) is 9.47 Å². The van der Waals surface area contributed by atoms with E-state index in [1.807, 2.05) is 24.3 Å². The predicted octanol–water partition coefficient (Wildman–Crippen LogP) is 5.92. The van der Waals surface area contributed by atoms with E-state index in [0.29, 0.717) is 17.3 Å². The zero-order valence-electron chi connectivity index (χ0n) is 16.3. The van der Waals surface area contributed by atoms with Gasteiger partial charge < -0.3 is 9.47 Å². The molecule has 3 aromatic rings. The van der Waals surface area contributed by atoms with E-state index in [0.717, 1.165) is 51.4 Å². The molecule has 4 rings (SSSR count). The molecule has 0 bridgehead atoms. The molecule has 150 valence electrons. The first-order valence-corrected chi connectivity index (χ1v) is 11.1. The largest absolute Gasteiger partial charge is 0.496 e. The quantitative estimate of drug-likeness (QED) is 0.339. The first kappa shape index (κ1) is 19.9. The van der Waals surface area contributed by atoms with Gasteiger partial charge in [-0.3, -0.25) is 10.1 Å². The Bertz CT molecular complexity index is 1050. The summed E-state index contributed by atoms with van der Waals surface area (Å²) in [6, 6.07) is 11.1. The van der Waals surface area contributed by atoms with E-state index in [9.17, 15) is 4.79 Å². The van der Waals surface area contributed by atoms with Gasteiger partial charge in [-0.1, -0.05) is 29.3 Å². The molecule has 7 heteroatoms. The van der Waals surface area contributed by atoms with Crippen LogP contribution in [-0.2, 0) is 6.42 Å². The number of nitrogens with one attached hydrogen (secondary N) is 1. The SMILES string of the molecule is CCCCOc1ccc(C(=O)Nc2nc3c(s2)Cc2c(Br)ccc(OC)c2-3)cc1. The molecule has 0 spiro atoms. The average molecular weight is 473 g/mol. The highest BCUT2D eigenvalue weighted by Gasteiger charge is 2.29. The summed E-state index contributed by atoms with van der Waals surface area (Å²) >= 11 is 5.11. The summed E-state index contributed by atoms with van der Waals surface area (Å²) in [5, 5.41) is 3.51. The van der Waals surface area contributed by atoms with E-state index in [1.54, 1.807) is 19.2 Å². The molecule has 0 fully saturated rings. The number of ether oxygens (including phenoxy) is 2. The second-order valence-electron chi connectivity index (χ2n) is 6.75. The number of carbonyl (C=O) groups excluding carboxylic acids is 1. The minimum Gasteiger partial charge on any atom is -0.496 e. The van der Waals surface area contributed by atoms with Crippen molar-refractivity contribution in [3.05, 3.63) is 56.9 Å². The maximum Gasteiger partial charge on any atom is 0.257 e. The van der Waals surface area contributed by atoms with Gasteiger partial charge in [0.1, 0.15) is 11.5 Å². The van der Waals surface area contributed by atoms with Gasteiger partial charge in [0.15, 0.2) is 5.13 Å². The molecule has 1 N–H and O–H groups in total. The van der Waals surface area contributed by atoms with E-state index in [-0.39, 0.29) is 5.91 Å². The van der Waals surface area contributed by atoms with Crippen molar-refractivity contribution in [2.45, 2.75) is 26.2 Å². The fourth-order valence-electron chi connectivity index (χ4n) is 3.29. The number of fused-ring (bicyclic) bond motifs is 3. The number of hydrogen-bond acceptors (Lipinski definition) is 5. The molecule has 29 heavy (non-hydrogen) atoms. The van der Waals surface area contributed by atoms with Crippen molar-refractivity contribution < 1.29 is 14.3 Å². The molecule has 2 aromatic carbocycles. The standard InChI is InChI=1S/C22H21BrN2O3S/c1-3-4-11-28-14-7-5-13(6-8-14)21(26)25-22-24-20-18(29-22)12-15-16(23)9-10-17(27-2)19(15)20/h5-10H,3-4,11-12H2,1-2H3,(H,24,25,26). The molecule has 0 aliphatic heterocycles. The van der Waals surface area contributed by atoms with Crippen molar-refractivity contribution >= 4 is 38.3 Å². The molecule has 1 heterocycles. The molecule has 0 radical (unpaired) electrons. The maximum absolute atomic E-state index is 12.6. The van der Waals surface area contributed by atoms with Gasteiger partial charge in [0.05, 0.1) is 19.4 Å². The number of amides is 1. The highest BCUT2D eigenvalue weighted by Crippen LogP contribution is 2.48. The molecular weight excluding hydrogens is 452 g/mol. The first-order valence-electron chi connectivity index (χ1n) is 9.50. The summed E-state index contributed by atoms with van der Waals surface area (Å²) in [5.74, 6) is 1.39. The summed E-state index contributed by atoms with van der Waals surface area (Å²) < 4.78 is 12.2. The van der Waals surface area contributed by atoms with Crippen molar-refractivity contribution in [3.63, 3.8) is 0 Å². The molecule has 1 aliphatic carbocycles. The van der Waals surface area contributed by atoms with Crippen molar-refractivity contribution in [2.75, 3.05) is 19.0 Å². The normalized spacial score (nSPS) is 11.7. The molecule has 0 saturated heterocycles. The lowest BCUT2D eigenvalue weighted by Crippen LogP contribution is -2.11. The number of rotatable bonds is 7. The Balaban J connectivity index is 1.49. The van der Waals surface area contributed by atoms with Crippen LogP contribution in [0.1, 0.15) is 40.6 Å². The van der Waals surface area contributed by atoms with Crippen LogP contribution in [0.4, 0.5) is 5.13 Å². The number of halogens is 1. The van der Waals surface area contributed by atoms with Gasteiger partial charge in [-0.2, -0.15) is 0 Å². The molecular formula is C22H21BrN2O3S. The minimum atomic E-state index is -0.182. The monoisotopic (exact) mass is 472 g/mol. The highest BCUT2D eigenvalue weighted by molar-refractivity contribution is 9.10. The van der Waals surface area contributed by atoms with Gasteiger partial charge >= 0.3 is 0 Å². The van der Waals surface area contributed by atoms with E-state index < -0.39 is 0 Å². The number of nitrogens with zero attached hydrogens (tertiary/aromatic N) is 1. The topological polar surface area (TPSA) is 60.5 Å². The third kappa shape index (κ3) is 4.02.